The van der Waals surface area contributed by atoms with Gasteiger partial charge in [-0.2, -0.15) is 0 Å². The van der Waals surface area contributed by atoms with Gasteiger partial charge in [0.1, 0.15) is 0 Å². The van der Waals surface area contributed by atoms with Crippen molar-refractivity contribution < 1.29 is 4.90 Å². The molecule has 16 heavy (non-hydrogen) atoms. The third-order valence-electron chi connectivity index (χ3n) is 3.10. The first-order valence-electron chi connectivity index (χ1n) is 6.52. The summed E-state index contributed by atoms with van der Waals surface area (Å²) in [5.74, 6) is 0. The molecule has 0 spiro atoms. The first-order valence-corrected chi connectivity index (χ1v) is 6.92. The van der Waals surface area contributed by atoms with Crippen molar-refractivity contribution >= 4 is 17.3 Å². The fourth-order valence-electron chi connectivity index (χ4n) is 2.09. The van der Waals surface area contributed by atoms with Crippen molar-refractivity contribution in [1.82, 2.24) is 10.6 Å². The molecule has 0 aliphatic heterocycles. The Balaban J connectivity index is 2.12. The molecule has 94 valence electrons. The highest BCUT2D eigenvalue weighted by molar-refractivity contribution is 7.80. The molecule has 0 bridgehead atoms. The molecule has 1 rings (SSSR count). The highest BCUT2D eigenvalue weighted by Crippen LogP contribution is 2.16. The number of hydrogen-bond acceptors (Lipinski definition) is 1. The Labute approximate surface area is 105 Å². The van der Waals surface area contributed by atoms with Crippen molar-refractivity contribution in [3.05, 3.63) is 0 Å². The van der Waals surface area contributed by atoms with Gasteiger partial charge in [-0.05, 0) is 25.1 Å². The van der Waals surface area contributed by atoms with E-state index in [1.54, 1.807) is 0 Å². The van der Waals surface area contributed by atoms with E-state index in [4.69, 9.17) is 12.2 Å². The third-order valence-corrected chi connectivity index (χ3v) is 3.36. The SMILES string of the molecule is C[NH+](C)CCNC(=S)NC1CCCCCC1. The monoisotopic (exact) mass is 244 g/mol. The lowest BCUT2D eigenvalue weighted by Crippen LogP contribution is -3.06. The molecular weight excluding hydrogens is 218 g/mol. The average Bonchev–Trinajstić information content (AvgIpc) is 2.45. The summed E-state index contributed by atoms with van der Waals surface area (Å²) in [6, 6.07) is 0.606. The van der Waals surface area contributed by atoms with E-state index in [9.17, 15) is 0 Å². The minimum Gasteiger partial charge on any atom is -0.360 e. The lowest BCUT2D eigenvalue weighted by Gasteiger charge is -2.19. The van der Waals surface area contributed by atoms with Crippen LogP contribution in [0.25, 0.3) is 0 Å². The largest absolute Gasteiger partial charge is 0.360 e. The molecule has 0 heterocycles. The van der Waals surface area contributed by atoms with Crippen LogP contribution in [0.4, 0.5) is 0 Å². The van der Waals surface area contributed by atoms with Crippen LogP contribution in [0.1, 0.15) is 38.5 Å². The summed E-state index contributed by atoms with van der Waals surface area (Å²) in [7, 11) is 4.31. The Morgan fingerprint density at radius 3 is 2.38 bits per heavy atom. The van der Waals surface area contributed by atoms with E-state index in [1.807, 2.05) is 0 Å². The summed E-state index contributed by atoms with van der Waals surface area (Å²) in [4.78, 5) is 1.45. The van der Waals surface area contributed by atoms with Crippen LogP contribution in [0, 0.1) is 0 Å². The molecule has 0 radical (unpaired) electrons. The van der Waals surface area contributed by atoms with Gasteiger partial charge in [0, 0.05) is 6.04 Å². The van der Waals surface area contributed by atoms with Gasteiger partial charge in [0.15, 0.2) is 5.11 Å². The molecule has 0 amide bonds. The molecule has 3 nitrogen and oxygen atoms in total. The van der Waals surface area contributed by atoms with Crippen LogP contribution in [-0.2, 0) is 0 Å². The van der Waals surface area contributed by atoms with Gasteiger partial charge >= 0.3 is 0 Å². The molecule has 0 aromatic heterocycles. The van der Waals surface area contributed by atoms with Crippen molar-refractivity contribution in [2.75, 3.05) is 27.2 Å². The van der Waals surface area contributed by atoms with Gasteiger partial charge in [-0.1, -0.05) is 25.7 Å². The van der Waals surface area contributed by atoms with E-state index in [1.165, 1.54) is 43.4 Å². The van der Waals surface area contributed by atoms with Crippen molar-refractivity contribution in [2.24, 2.45) is 0 Å². The predicted molar refractivity (Wildman–Crippen MR) is 72.9 cm³/mol. The first-order chi connectivity index (χ1) is 7.68. The van der Waals surface area contributed by atoms with Gasteiger partial charge in [0.05, 0.1) is 27.2 Å². The Hall–Kier alpha value is -0.350. The van der Waals surface area contributed by atoms with Crippen LogP contribution < -0.4 is 15.5 Å². The van der Waals surface area contributed by atoms with Gasteiger partial charge in [-0.3, -0.25) is 0 Å². The van der Waals surface area contributed by atoms with Crippen molar-refractivity contribution in [1.29, 1.82) is 0 Å². The Kier molecular flexibility index (Phi) is 6.73. The summed E-state index contributed by atoms with van der Waals surface area (Å²) in [5.41, 5.74) is 0. The van der Waals surface area contributed by atoms with Crippen molar-refractivity contribution in [2.45, 2.75) is 44.6 Å². The van der Waals surface area contributed by atoms with Crippen molar-refractivity contribution in [3.8, 4) is 0 Å². The van der Waals surface area contributed by atoms with Crippen molar-refractivity contribution in [3.63, 3.8) is 0 Å². The van der Waals surface area contributed by atoms with Crippen LogP contribution in [0.15, 0.2) is 0 Å². The van der Waals surface area contributed by atoms with Gasteiger partial charge in [0.2, 0.25) is 0 Å². The van der Waals surface area contributed by atoms with E-state index in [0.717, 1.165) is 18.2 Å². The molecule has 0 aromatic rings. The fraction of sp³-hybridized carbons (Fsp3) is 0.917. The molecule has 1 aliphatic carbocycles. The first kappa shape index (κ1) is 13.7. The topological polar surface area (TPSA) is 28.5 Å². The van der Waals surface area contributed by atoms with Crippen LogP contribution in [0.5, 0.6) is 0 Å². The molecule has 4 heteroatoms. The van der Waals surface area contributed by atoms with Gasteiger partial charge in [0.25, 0.3) is 0 Å². The zero-order chi connectivity index (χ0) is 11.8. The lowest BCUT2D eigenvalue weighted by atomic mass is 10.1. The molecular formula is C12H26N3S+. The lowest BCUT2D eigenvalue weighted by molar-refractivity contribution is -0.856. The van der Waals surface area contributed by atoms with Crippen LogP contribution in [0.2, 0.25) is 0 Å². The highest BCUT2D eigenvalue weighted by atomic mass is 32.1. The minimum atomic E-state index is 0.606. The van der Waals surface area contributed by atoms with E-state index in [2.05, 4.69) is 24.7 Å². The standard InChI is InChI=1S/C12H25N3S/c1-15(2)10-9-13-12(16)14-11-7-5-3-4-6-8-11/h11H,3-10H2,1-2H3,(H2,13,14,16)/p+1. The maximum atomic E-state index is 5.30. The van der Waals surface area contributed by atoms with E-state index >= 15 is 0 Å². The maximum Gasteiger partial charge on any atom is 0.166 e. The summed E-state index contributed by atoms with van der Waals surface area (Å²) >= 11 is 5.30. The molecule has 1 saturated carbocycles. The summed E-state index contributed by atoms with van der Waals surface area (Å²) in [5, 5.41) is 7.57. The Morgan fingerprint density at radius 2 is 1.81 bits per heavy atom. The third kappa shape index (κ3) is 6.28. The molecule has 1 fully saturated rings. The van der Waals surface area contributed by atoms with E-state index in [-0.39, 0.29) is 0 Å². The summed E-state index contributed by atoms with van der Waals surface area (Å²) in [6.45, 7) is 2.06. The number of rotatable bonds is 4. The predicted octanol–water partition coefficient (Wildman–Crippen LogP) is 0.318. The number of nitrogens with one attached hydrogen (secondary N) is 3. The minimum absolute atomic E-state index is 0.606. The number of likely N-dealkylation sites (N-methyl/N-ethyl adjacent to an activating group) is 1. The molecule has 3 N–H and O–H groups in total. The number of thiocarbonyl (C=S) groups is 1. The number of quaternary nitrogens is 1. The van der Waals surface area contributed by atoms with Crippen LogP contribution >= 0.6 is 12.2 Å². The zero-order valence-electron chi connectivity index (χ0n) is 10.6. The molecule has 0 unspecified atom stereocenters. The van der Waals surface area contributed by atoms with Gasteiger partial charge in [-0.25, -0.2) is 0 Å². The summed E-state index contributed by atoms with van der Waals surface area (Å²) < 4.78 is 0. The fourth-order valence-corrected chi connectivity index (χ4v) is 2.35. The second kappa shape index (κ2) is 7.85. The Bertz CT molecular complexity index is 198. The average molecular weight is 244 g/mol. The normalized spacial score (nSPS) is 18.2. The quantitative estimate of drug-likeness (QED) is 0.491. The van der Waals surface area contributed by atoms with E-state index in [0.29, 0.717) is 6.04 Å². The zero-order valence-corrected chi connectivity index (χ0v) is 11.5. The highest BCUT2D eigenvalue weighted by Gasteiger charge is 2.12. The van der Waals surface area contributed by atoms with Crippen LogP contribution in [0.3, 0.4) is 0 Å². The molecule has 1 aliphatic rings. The molecule has 0 saturated heterocycles. The Morgan fingerprint density at radius 1 is 1.19 bits per heavy atom. The second-order valence-electron chi connectivity index (χ2n) is 5.05. The smallest absolute Gasteiger partial charge is 0.166 e. The molecule has 0 aromatic carbocycles. The summed E-state index contributed by atoms with van der Waals surface area (Å²) in [6.07, 6.45) is 8.04. The van der Waals surface area contributed by atoms with E-state index < -0.39 is 0 Å². The second-order valence-corrected chi connectivity index (χ2v) is 5.45. The maximum absolute atomic E-state index is 5.30. The molecule has 0 atom stereocenters. The van der Waals surface area contributed by atoms with Gasteiger partial charge < -0.3 is 15.5 Å². The van der Waals surface area contributed by atoms with Gasteiger partial charge in [-0.15, -0.1) is 0 Å². The van der Waals surface area contributed by atoms with Crippen LogP contribution in [-0.4, -0.2) is 38.3 Å². The number of hydrogen-bond donors (Lipinski definition) is 3.